The lowest BCUT2D eigenvalue weighted by Crippen LogP contribution is -2.22. The molecule has 0 aliphatic carbocycles. The number of nitrogens with zero attached hydrogens (tertiary/aromatic N) is 1. The molecule has 0 aromatic heterocycles. The van der Waals surface area contributed by atoms with Crippen molar-refractivity contribution in [3.63, 3.8) is 0 Å². The maximum atomic E-state index is 12.1. The van der Waals surface area contributed by atoms with Crippen molar-refractivity contribution in [3.05, 3.63) is 53.6 Å². The Balaban J connectivity index is 1.56. The van der Waals surface area contributed by atoms with E-state index in [9.17, 15) is 14.7 Å². The van der Waals surface area contributed by atoms with Gasteiger partial charge >= 0.3 is 5.97 Å². The van der Waals surface area contributed by atoms with Gasteiger partial charge in [0.25, 0.3) is 5.91 Å². The molecular formula is C20H22N2O4. The lowest BCUT2D eigenvalue weighted by atomic mass is 10.1. The van der Waals surface area contributed by atoms with Gasteiger partial charge < -0.3 is 20.1 Å². The fourth-order valence-corrected chi connectivity index (χ4v) is 3.00. The van der Waals surface area contributed by atoms with Crippen LogP contribution in [0.4, 0.5) is 11.4 Å². The van der Waals surface area contributed by atoms with Crippen LogP contribution in [0.5, 0.6) is 5.75 Å². The number of aromatic hydroxyl groups is 1. The molecule has 0 radical (unpaired) electrons. The van der Waals surface area contributed by atoms with E-state index in [0.717, 1.165) is 24.3 Å². The van der Waals surface area contributed by atoms with E-state index in [1.807, 2.05) is 19.1 Å². The summed E-state index contributed by atoms with van der Waals surface area (Å²) in [7, 11) is 0. The van der Waals surface area contributed by atoms with E-state index in [0.29, 0.717) is 5.69 Å². The number of rotatable bonds is 5. The van der Waals surface area contributed by atoms with Gasteiger partial charge in [0, 0.05) is 24.5 Å². The quantitative estimate of drug-likeness (QED) is 0.807. The van der Waals surface area contributed by atoms with Crippen LogP contribution in [0.1, 0.15) is 28.8 Å². The molecule has 0 spiro atoms. The second kappa shape index (κ2) is 7.91. The second-order valence-electron chi connectivity index (χ2n) is 6.33. The van der Waals surface area contributed by atoms with Gasteiger partial charge in [0.05, 0.1) is 0 Å². The Morgan fingerprint density at radius 1 is 1.15 bits per heavy atom. The normalized spacial score (nSPS) is 13.5. The largest absolute Gasteiger partial charge is 0.507 e. The Morgan fingerprint density at radius 2 is 1.88 bits per heavy atom. The highest BCUT2D eigenvalue weighted by atomic mass is 16.5. The topological polar surface area (TPSA) is 78.9 Å². The van der Waals surface area contributed by atoms with Gasteiger partial charge in [-0.05, 0) is 55.7 Å². The van der Waals surface area contributed by atoms with E-state index in [1.54, 1.807) is 12.1 Å². The van der Waals surface area contributed by atoms with Crippen LogP contribution in [-0.4, -0.2) is 36.7 Å². The van der Waals surface area contributed by atoms with Gasteiger partial charge in [0.1, 0.15) is 11.3 Å². The smallest absolute Gasteiger partial charge is 0.342 e. The van der Waals surface area contributed by atoms with Crippen molar-refractivity contribution in [1.29, 1.82) is 0 Å². The minimum absolute atomic E-state index is 0.0337. The number of benzene rings is 2. The van der Waals surface area contributed by atoms with Crippen LogP contribution >= 0.6 is 0 Å². The Hall–Kier alpha value is -3.02. The fraction of sp³-hybridized carbons (Fsp3) is 0.300. The SMILES string of the molecule is Cc1cc(N2CCCC2)ccc1NC(=O)COC(=O)c1ccccc1O. The van der Waals surface area contributed by atoms with Crippen molar-refractivity contribution in [3.8, 4) is 5.75 Å². The molecule has 1 aliphatic heterocycles. The van der Waals surface area contributed by atoms with Crippen molar-refractivity contribution in [2.45, 2.75) is 19.8 Å². The maximum absolute atomic E-state index is 12.1. The van der Waals surface area contributed by atoms with Crippen LogP contribution < -0.4 is 10.2 Å². The van der Waals surface area contributed by atoms with Crippen molar-refractivity contribution in [2.24, 2.45) is 0 Å². The summed E-state index contributed by atoms with van der Waals surface area (Å²) in [5, 5.41) is 12.4. The zero-order valence-corrected chi connectivity index (χ0v) is 14.7. The number of esters is 1. The predicted octanol–water partition coefficient (Wildman–Crippen LogP) is 3.10. The number of aryl methyl sites for hydroxylation is 1. The minimum Gasteiger partial charge on any atom is -0.507 e. The first-order chi connectivity index (χ1) is 12.5. The highest BCUT2D eigenvalue weighted by Gasteiger charge is 2.16. The van der Waals surface area contributed by atoms with Crippen LogP contribution in [0.2, 0.25) is 0 Å². The molecule has 6 nitrogen and oxygen atoms in total. The summed E-state index contributed by atoms with van der Waals surface area (Å²) >= 11 is 0. The number of anilines is 2. The molecule has 2 N–H and O–H groups in total. The molecule has 1 fully saturated rings. The van der Waals surface area contributed by atoms with E-state index >= 15 is 0 Å². The molecule has 0 bridgehead atoms. The highest BCUT2D eigenvalue weighted by Crippen LogP contribution is 2.25. The van der Waals surface area contributed by atoms with E-state index in [4.69, 9.17) is 4.74 Å². The van der Waals surface area contributed by atoms with Gasteiger partial charge in [-0.2, -0.15) is 0 Å². The first kappa shape index (κ1) is 17.8. The number of para-hydroxylation sites is 1. The summed E-state index contributed by atoms with van der Waals surface area (Å²) in [5.74, 6) is -1.34. The summed E-state index contributed by atoms with van der Waals surface area (Å²) < 4.78 is 4.97. The van der Waals surface area contributed by atoms with Gasteiger partial charge in [-0.1, -0.05) is 12.1 Å². The molecule has 0 atom stereocenters. The summed E-state index contributed by atoms with van der Waals surface area (Å²) in [4.78, 5) is 26.3. The molecular weight excluding hydrogens is 332 g/mol. The third-order valence-electron chi connectivity index (χ3n) is 4.41. The van der Waals surface area contributed by atoms with E-state index in [1.165, 1.54) is 25.0 Å². The van der Waals surface area contributed by atoms with E-state index < -0.39 is 18.5 Å². The third-order valence-corrected chi connectivity index (χ3v) is 4.41. The van der Waals surface area contributed by atoms with Crippen molar-refractivity contribution in [2.75, 3.05) is 29.9 Å². The molecule has 1 aliphatic rings. The standard InChI is InChI=1S/C20H22N2O4/c1-14-12-15(22-10-4-5-11-22)8-9-17(14)21-19(24)13-26-20(25)16-6-2-3-7-18(16)23/h2-3,6-9,12,23H,4-5,10-11,13H2,1H3,(H,21,24). The average Bonchev–Trinajstić information content (AvgIpc) is 3.16. The van der Waals surface area contributed by atoms with Crippen LogP contribution in [0.15, 0.2) is 42.5 Å². The number of carbonyl (C=O) groups is 2. The molecule has 0 unspecified atom stereocenters. The van der Waals surface area contributed by atoms with E-state index in [2.05, 4.69) is 16.3 Å². The van der Waals surface area contributed by atoms with Crippen LogP contribution in [0, 0.1) is 6.92 Å². The lowest BCUT2D eigenvalue weighted by molar-refractivity contribution is -0.119. The molecule has 6 heteroatoms. The molecule has 1 heterocycles. The third kappa shape index (κ3) is 4.14. The van der Waals surface area contributed by atoms with Crippen LogP contribution in [-0.2, 0) is 9.53 Å². The van der Waals surface area contributed by atoms with Gasteiger partial charge in [0.2, 0.25) is 0 Å². The van der Waals surface area contributed by atoms with Gasteiger partial charge in [0.15, 0.2) is 6.61 Å². The van der Waals surface area contributed by atoms with E-state index in [-0.39, 0.29) is 11.3 Å². The Bertz CT molecular complexity index is 813. The predicted molar refractivity (Wildman–Crippen MR) is 99.6 cm³/mol. The number of phenolic OH excluding ortho intramolecular Hbond substituents is 1. The monoisotopic (exact) mass is 354 g/mol. The Morgan fingerprint density at radius 3 is 2.58 bits per heavy atom. The number of hydrogen-bond donors (Lipinski definition) is 2. The first-order valence-corrected chi connectivity index (χ1v) is 8.65. The maximum Gasteiger partial charge on any atom is 0.342 e. The molecule has 1 amide bonds. The molecule has 26 heavy (non-hydrogen) atoms. The Kier molecular flexibility index (Phi) is 5.41. The molecule has 136 valence electrons. The van der Waals surface area contributed by atoms with Crippen molar-refractivity contribution in [1.82, 2.24) is 0 Å². The van der Waals surface area contributed by atoms with Crippen molar-refractivity contribution < 1.29 is 19.4 Å². The zero-order valence-electron chi connectivity index (χ0n) is 14.7. The van der Waals surface area contributed by atoms with Gasteiger partial charge in [-0.3, -0.25) is 4.79 Å². The number of ether oxygens (including phenoxy) is 1. The van der Waals surface area contributed by atoms with Crippen molar-refractivity contribution >= 4 is 23.3 Å². The molecule has 3 rings (SSSR count). The number of carbonyl (C=O) groups excluding carboxylic acids is 2. The molecule has 2 aromatic carbocycles. The Labute approximate surface area is 152 Å². The zero-order chi connectivity index (χ0) is 18.5. The van der Waals surface area contributed by atoms with Crippen LogP contribution in [0.25, 0.3) is 0 Å². The summed E-state index contributed by atoms with van der Waals surface area (Å²) in [6.07, 6.45) is 2.42. The molecule has 1 saturated heterocycles. The number of phenols is 1. The average molecular weight is 354 g/mol. The second-order valence-corrected chi connectivity index (χ2v) is 6.33. The molecule has 2 aromatic rings. The summed E-state index contributed by atoms with van der Waals surface area (Å²) in [6, 6.07) is 12.0. The van der Waals surface area contributed by atoms with Crippen LogP contribution in [0.3, 0.4) is 0 Å². The minimum atomic E-state index is -0.737. The number of amides is 1. The van der Waals surface area contributed by atoms with Gasteiger partial charge in [-0.15, -0.1) is 0 Å². The molecule has 0 saturated carbocycles. The number of nitrogens with one attached hydrogen (secondary N) is 1. The lowest BCUT2D eigenvalue weighted by Gasteiger charge is -2.19. The van der Waals surface area contributed by atoms with Gasteiger partial charge in [-0.25, -0.2) is 4.79 Å². The fourth-order valence-electron chi connectivity index (χ4n) is 3.00. The summed E-state index contributed by atoms with van der Waals surface area (Å²) in [5.41, 5.74) is 2.83. The summed E-state index contributed by atoms with van der Waals surface area (Å²) in [6.45, 7) is 3.64. The number of hydrogen-bond acceptors (Lipinski definition) is 5. The highest BCUT2D eigenvalue weighted by molar-refractivity contribution is 5.97. The first-order valence-electron chi connectivity index (χ1n) is 8.65.